The molecule has 1 heterocycles. The van der Waals surface area contributed by atoms with Gasteiger partial charge in [0.25, 0.3) is 0 Å². The molecule has 0 aliphatic carbocycles. The summed E-state index contributed by atoms with van der Waals surface area (Å²) < 4.78 is 23.0. The Morgan fingerprint density at radius 1 is 0.394 bits per heavy atom. The SMILES string of the molecule is CCC(C)(C)c1cc(Cc2cc(C(C)(C)CC)cc(C(C)(C)CC)c2OP2Oc3c(cc(C(C)(C)CC)cc3C(C)(C)CC)Cc3cc(C(C)(C)CC)cc(C(C)(C)CC)c3O2)c(O)c(C(C)(C)CC)c1. The minimum Gasteiger partial charge on any atom is -0.507 e. The van der Waals surface area contributed by atoms with Gasteiger partial charge in [-0.3, -0.25) is 0 Å². The molecule has 0 saturated carbocycles. The van der Waals surface area contributed by atoms with Crippen LogP contribution in [0.4, 0.5) is 0 Å². The zero-order chi connectivity index (χ0) is 53.7. The normalized spacial score (nSPS) is 14.6. The molecule has 0 saturated heterocycles. The van der Waals surface area contributed by atoms with E-state index in [-0.39, 0.29) is 43.3 Å². The summed E-state index contributed by atoms with van der Waals surface area (Å²) in [5.41, 5.74) is 13.0. The molecule has 1 aliphatic heterocycles. The Kier molecular flexibility index (Phi) is 17.3. The average Bonchev–Trinajstić information content (AvgIpc) is 3.31. The Bertz CT molecular complexity index is 2440. The fourth-order valence-electron chi connectivity index (χ4n) is 9.47. The second kappa shape index (κ2) is 21.0. The molecule has 0 bridgehead atoms. The van der Waals surface area contributed by atoms with Crippen LogP contribution in [0, 0.1) is 0 Å². The fraction of sp³-hybridized carbons (Fsp3) is 0.636. The standard InChI is InChI=1S/C66H101O4P/c1-25-59(9,10)47-35-43(55(67)51(39-47)63(17,18)29-5)33-44-36-48(60(11,12)26-2)40-52(64(19,20)30-6)56(44)68-71-69-57-45(37-49(61(13,14)27-3)41-53(57)65(21,22)31-7)34-46-38-50(62(15,16)28-4)42-54(58(46)70-71)66(23,24)32-8/h35-42,67H,25-34H2,1-24H3. The van der Waals surface area contributed by atoms with Crippen LogP contribution >= 0.6 is 8.60 Å². The van der Waals surface area contributed by atoms with Gasteiger partial charge in [0.05, 0.1) is 0 Å². The maximum absolute atomic E-state index is 12.6. The highest BCUT2D eigenvalue weighted by molar-refractivity contribution is 7.43. The molecule has 0 unspecified atom stereocenters. The monoisotopic (exact) mass is 989 g/mol. The third kappa shape index (κ3) is 11.9. The zero-order valence-corrected chi connectivity index (χ0v) is 50.7. The highest BCUT2D eigenvalue weighted by Crippen LogP contribution is 2.56. The maximum Gasteiger partial charge on any atom is 0.530 e. The van der Waals surface area contributed by atoms with Gasteiger partial charge in [0.1, 0.15) is 23.0 Å². The Labute approximate surface area is 437 Å². The van der Waals surface area contributed by atoms with Crippen molar-refractivity contribution < 1.29 is 18.7 Å². The van der Waals surface area contributed by atoms with Crippen molar-refractivity contribution in [3.63, 3.8) is 0 Å². The van der Waals surface area contributed by atoms with Gasteiger partial charge in [-0.15, -0.1) is 0 Å². The van der Waals surface area contributed by atoms with Crippen LogP contribution in [0.5, 0.6) is 23.0 Å². The Balaban J connectivity index is 1.97. The first-order valence-corrected chi connectivity index (χ1v) is 29.0. The molecule has 1 N–H and O–H groups in total. The summed E-state index contributed by atoms with van der Waals surface area (Å²) in [5.74, 6) is 2.97. The van der Waals surface area contributed by atoms with Crippen molar-refractivity contribution in [1.82, 2.24) is 0 Å². The van der Waals surface area contributed by atoms with Gasteiger partial charge in [-0.05, 0) is 139 Å². The quantitative estimate of drug-likeness (QED) is 0.0897. The van der Waals surface area contributed by atoms with Crippen LogP contribution in [0.1, 0.15) is 284 Å². The van der Waals surface area contributed by atoms with E-state index in [1.54, 1.807) is 0 Å². The van der Waals surface area contributed by atoms with Gasteiger partial charge in [-0.25, -0.2) is 0 Å². The Morgan fingerprint density at radius 2 is 0.690 bits per heavy atom. The molecule has 5 rings (SSSR count). The molecule has 71 heavy (non-hydrogen) atoms. The Hall–Kier alpha value is -3.49. The van der Waals surface area contributed by atoms with E-state index in [0.29, 0.717) is 18.6 Å². The average molecular weight is 990 g/mol. The summed E-state index contributed by atoms with van der Waals surface area (Å²) in [6.45, 7) is 55.8. The van der Waals surface area contributed by atoms with Crippen molar-refractivity contribution >= 4 is 8.60 Å². The number of fused-ring (bicyclic) bond motifs is 2. The second-order valence-corrected chi connectivity index (χ2v) is 27.8. The number of rotatable bonds is 20. The molecule has 4 aromatic rings. The van der Waals surface area contributed by atoms with Crippen molar-refractivity contribution in [3.8, 4) is 23.0 Å². The summed E-state index contributed by atoms with van der Waals surface area (Å²) in [4.78, 5) is 0. The predicted molar refractivity (Wildman–Crippen MR) is 308 cm³/mol. The van der Waals surface area contributed by atoms with E-state index < -0.39 is 8.60 Å². The van der Waals surface area contributed by atoms with E-state index in [2.05, 4.69) is 215 Å². The van der Waals surface area contributed by atoms with Crippen molar-refractivity contribution in [3.05, 3.63) is 115 Å². The Morgan fingerprint density at radius 3 is 1.06 bits per heavy atom. The summed E-state index contributed by atoms with van der Waals surface area (Å²) in [6.07, 6.45) is 8.88. The van der Waals surface area contributed by atoms with E-state index in [0.717, 1.165) is 90.9 Å². The molecule has 4 aromatic carbocycles. The second-order valence-electron chi connectivity index (χ2n) is 26.8. The van der Waals surface area contributed by atoms with Crippen LogP contribution in [0.3, 0.4) is 0 Å². The maximum atomic E-state index is 12.6. The molecule has 1 aliphatic rings. The number of benzene rings is 4. The molecule has 0 amide bonds. The highest BCUT2D eigenvalue weighted by atomic mass is 31.2. The molecule has 394 valence electrons. The zero-order valence-electron chi connectivity index (χ0n) is 49.8. The summed E-state index contributed by atoms with van der Waals surface area (Å²) >= 11 is 0. The molecule has 0 spiro atoms. The van der Waals surface area contributed by atoms with Gasteiger partial charge in [0, 0.05) is 35.1 Å². The molecule has 0 fully saturated rings. The van der Waals surface area contributed by atoms with Crippen molar-refractivity contribution in [2.24, 2.45) is 0 Å². The number of phenolic OH excluding ortho intramolecular Hbond substituents is 1. The summed E-state index contributed by atoms with van der Waals surface area (Å²) in [5, 5.41) is 12.6. The van der Waals surface area contributed by atoms with E-state index in [1.165, 1.54) is 44.5 Å². The van der Waals surface area contributed by atoms with E-state index >= 15 is 0 Å². The van der Waals surface area contributed by atoms with E-state index in [4.69, 9.17) is 13.6 Å². The summed E-state index contributed by atoms with van der Waals surface area (Å²) in [7, 11) is -2.11. The van der Waals surface area contributed by atoms with Gasteiger partial charge in [0.2, 0.25) is 0 Å². The van der Waals surface area contributed by atoms with Crippen molar-refractivity contribution in [2.45, 2.75) is 274 Å². The van der Waals surface area contributed by atoms with Crippen LogP contribution in [0.15, 0.2) is 48.5 Å². The highest BCUT2D eigenvalue weighted by Gasteiger charge is 2.40. The molecular weight excluding hydrogens is 888 g/mol. The molecule has 0 atom stereocenters. The van der Waals surface area contributed by atoms with Crippen LogP contribution in [0.2, 0.25) is 0 Å². The third-order valence-electron chi connectivity index (χ3n) is 19.1. The number of hydrogen-bond donors (Lipinski definition) is 1. The molecular formula is C66H101O4P. The molecule has 0 aromatic heterocycles. The van der Waals surface area contributed by atoms with Crippen LogP contribution < -0.4 is 13.6 Å². The van der Waals surface area contributed by atoms with Crippen molar-refractivity contribution in [2.75, 3.05) is 0 Å². The lowest BCUT2D eigenvalue weighted by atomic mass is 9.73. The minimum absolute atomic E-state index is 0.0388. The first kappa shape index (κ1) is 58.4. The van der Waals surface area contributed by atoms with E-state index in [9.17, 15) is 5.11 Å². The number of phenols is 1. The lowest BCUT2D eigenvalue weighted by Gasteiger charge is -2.37. The van der Waals surface area contributed by atoms with Gasteiger partial charge in [-0.2, -0.15) is 0 Å². The van der Waals surface area contributed by atoms with Gasteiger partial charge >= 0.3 is 8.60 Å². The van der Waals surface area contributed by atoms with Gasteiger partial charge in [-0.1, -0.05) is 215 Å². The lowest BCUT2D eigenvalue weighted by molar-refractivity contribution is 0.357. The molecule has 4 nitrogen and oxygen atoms in total. The first-order valence-electron chi connectivity index (χ1n) is 27.9. The molecule has 0 radical (unpaired) electrons. The summed E-state index contributed by atoms with van der Waals surface area (Å²) in [6, 6.07) is 19.1. The lowest BCUT2D eigenvalue weighted by Crippen LogP contribution is -2.25. The largest absolute Gasteiger partial charge is 0.530 e. The van der Waals surface area contributed by atoms with Crippen LogP contribution in [-0.2, 0) is 56.2 Å². The first-order chi connectivity index (χ1) is 32.7. The van der Waals surface area contributed by atoms with Crippen LogP contribution in [0.25, 0.3) is 0 Å². The molecule has 5 heteroatoms. The van der Waals surface area contributed by atoms with Gasteiger partial charge in [0.15, 0.2) is 0 Å². The van der Waals surface area contributed by atoms with Crippen LogP contribution in [-0.4, -0.2) is 5.11 Å². The smallest absolute Gasteiger partial charge is 0.507 e. The topological polar surface area (TPSA) is 47.9 Å². The van der Waals surface area contributed by atoms with E-state index in [1.807, 2.05) is 0 Å². The third-order valence-corrected chi connectivity index (χ3v) is 20.1. The predicted octanol–water partition coefficient (Wildman–Crippen LogP) is 20.2. The van der Waals surface area contributed by atoms with Crippen molar-refractivity contribution in [1.29, 1.82) is 0 Å². The number of hydrogen-bond acceptors (Lipinski definition) is 4. The minimum atomic E-state index is -2.11. The number of aromatic hydroxyl groups is 1. The van der Waals surface area contributed by atoms with Gasteiger partial charge < -0.3 is 18.7 Å². The fourth-order valence-corrected chi connectivity index (χ4v) is 10.7.